The highest BCUT2D eigenvalue weighted by Crippen LogP contribution is 2.13. The largest absolute Gasteiger partial charge is 0.346 e. The van der Waals surface area contributed by atoms with Crippen molar-refractivity contribution in [3.63, 3.8) is 0 Å². The van der Waals surface area contributed by atoms with Gasteiger partial charge in [0, 0.05) is 12.2 Å². The zero-order valence-corrected chi connectivity index (χ0v) is 9.14. The van der Waals surface area contributed by atoms with E-state index in [-0.39, 0.29) is 0 Å². The van der Waals surface area contributed by atoms with Gasteiger partial charge in [0.2, 0.25) is 0 Å². The summed E-state index contributed by atoms with van der Waals surface area (Å²) < 4.78 is 0. The average Bonchev–Trinajstić information content (AvgIpc) is 2.47. The summed E-state index contributed by atoms with van der Waals surface area (Å²) in [7, 11) is 0. The van der Waals surface area contributed by atoms with Crippen LogP contribution in [0.1, 0.15) is 36.5 Å². The lowest BCUT2D eigenvalue weighted by Crippen LogP contribution is -2.29. The SMILES string of the molecule is Cc1nc(CN2CCCCC2)c(C)[nH]1. The number of nitrogens with zero attached hydrogens (tertiary/aromatic N) is 2. The number of nitrogens with one attached hydrogen (secondary N) is 1. The fourth-order valence-corrected chi connectivity index (χ4v) is 2.14. The van der Waals surface area contributed by atoms with Gasteiger partial charge in [0.25, 0.3) is 0 Å². The number of hydrogen-bond acceptors (Lipinski definition) is 2. The molecule has 0 bridgehead atoms. The van der Waals surface area contributed by atoms with Gasteiger partial charge in [-0.15, -0.1) is 0 Å². The van der Waals surface area contributed by atoms with Crippen LogP contribution in [0.3, 0.4) is 0 Å². The van der Waals surface area contributed by atoms with E-state index in [1.807, 2.05) is 6.92 Å². The molecule has 14 heavy (non-hydrogen) atoms. The maximum Gasteiger partial charge on any atom is 0.103 e. The molecule has 0 amide bonds. The van der Waals surface area contributed by atoms with Crippen LogP contribution in [0.25, 0.3) is 0 Å². The lowest BCUT2D eigenvalue weighted by Gasteiger charge is -2.25. The van der Waals surface area contributed by atoms with Crippen molar-refractivity contribution in [2.24, 2.45) is 0 Å². The highest BCUT2D eigenvalue weighted by molar-refractivity contribution is 5.12. The highest BCUT2D eigenvalue weighted by atomic mass is 15.1. The Bertz CT molecular complexity index is 297. The summed E-state index contributed by atoms with van der Waals surface area (Å²) in [6.07, 6.45) is 4.10. The maximum absolute atomic E-state index is 4.51. The van der Waals surface area contributed by atoms with Crippen molar-refractivity contribution >= 4 is 0 Å². The first-order valence-corrected chi connectivity index (χ1v) is 5.50. The van der Waals surface area contributed by atoms with Crippen molar-refractivity contribution in [3.8, 4) is 0 Å². The van der Waals surface area contributed by atoms with Gasteiger partial charge in [-0.3, -0.25) is 4.90 Å². The Balaban J connectivity index is 1.98. The number of aromatic amines is 1. The van der Waals surface area contributed by atoms with Crippen LogP contribution >= 0.6 is 0 Å². The molecule has 1 N–H and O–H groups in total. The molecule has 1 aromatic rings. The minimum absolute atomic E-state index is 1.02. The van der Waals surface area contributed by atoms with Gasteiger partial charge in [0.05, 0.1) is 5.69 Å². The summed E-state index contributed by atoms with van der Waals surface area (Å²) in [6.45, 7) is 7.64. The van der Waals surface area contributed by atoms with Gasteiger partial charge in [-0.25, -0.2) is 4.98 Å². The molecule has 3 nitrogen and oxygen atoms in total. The topological polar surface area (TPSA) is 31.9 Å². The predicted octanol–water partition coefficient (Wildman–Crippen LogP) is 2.01. The minimum Gasteiger partial charge on any atom is -0.346 e. The second kappa shape index (κ2) is 4.13. The summed E-state index contributed by atoms with van der Waals surface area (Å²) >= 11 is 0. The van der Waals surface area contributed by atoms with E-state index in [9.17, 15) is 0 Å². The Labute approximate surface area is 85.5 Å². The lowest BCUT2D eigenvalue weighted by molar-refractivity contribution is 0.218. The smallest absolute Gasteiger partial charge is 0.103 e. The number of piperidine rings is 1. The van der Waals surface area contributed by atoms with E-state index in [1.165, 1.54) is 43.7 Å². The van der Waals surface area contributed by atoms with Crippen LogP contribution in [0.5, 0.6) is 0 Å². The number of H-pyrrole nitrogens is 1. The van der Waals surface area contributed by atoms with E-state index < -0.39 is 0 Å². The molecular formula is C11H19N3. The zero-order valence-electron chi connectivity index (χ0n) is 9.14. The monoisotopic (exact) mass is 193 g/mol. The maximum atomic E-state index is 4.51. The summed E-state index contributed by atoms with van der Waals surface area (Å²) in [5.41, 5.74) is 2.46. The summed E-state index contributed by atoms with van der Waals surface area (Å²) in [4.78, 5) is 10.3. The summed E-state index contributed by atoms with van der Waals surface area (Å²) in [5, 5.41) is 0. The predicted molar refractivity (Wildman–Crippen MR) is 57.2 cm³/mol. The minimum atomic E-state index is 1.02. The van der Waals surface area contributed by atoms with Crippen LogP contribution in [0, 0.1) is 13.8 Å². The first-order valence-electron chi connectivity index (χ1n) is 5.50. The fraction of sp³-hybridized carbons (Fsp3) is 0.727. The van der Waals surface area contributed by atoms with Crippen LogP contribution in [-0.2, 0) is 6.54 Å². The molecule has 1 aliphatic rings. The second-order valence-electron chi connectivity index (χ2n) is 4.23. The normalized spacial score (nSPS) is 18.7. The molecule has 0 aliphatic carbocycles. The third-order valence-corrected chi connectivity index (χ3v) is 2.93. The van der Waals surface area contributed by atoms with Crippen molar-refractivity contribution < 1.29 is 0 Å². The van der Waals surface area contributed by atoms with Gasteiger partial charge in [-0.1, -0.05) is 6.42 Å². The Hall–Kier alpha value is -0.830. The van der Waals surface area contributed by atoms with Crippen LogP contribution < -0.4 is 0 Å². The first-order chi connectivity index (χ1) is 6.75. The van der Waals surface area contributed by atoms with Crippen molar-refractivity contribution in [3.05, 3.63) is 17.2 Å². The number of aromatic nitrogens is 2. The van der Waals surface area contributed by atoms with E-state index in [2.05, 4.69) is 21.8 Å². The molecule has 0 unspecified atom stereocenters. The Morgan fingerprint density at radius 2 is 1.93 bits per heavy atom. The Kier molecular flexibility index (Phi) is 2.87. The van der Waals surface area contributed by atoms with Crippen molar-refractivity contribution in [2.45, 2.75) is 39.7 Å². The molecule has 0 saturated carbocycles. The Morgan fingerprint density at radius 3 is 2.50 bits per heavy atom. The zero-order chi connectivity index (χ0) is 9.97. The summed E-state index contributed by atoms with van der Waals surface area (Å²) in [6, 6.07) is 0. The molecular weight excluding hydrogens is 174 g/mol. The third kappa shape index (κ3) is 2.15. The summed E-state index contributed by atoms with van der Waals surface area (Å²) in [5.74, 6) is 1.04. The number of rotatable bonds is 2. The van der Waals surface area contributed by atoms with Gasteiger partial charge in [-0.2, -0.15) is 0 Å². The molecule has 1 saturated heterocycles. The van der Waals surface area contributed by atoms with Gasteiger partial charge >= 0.3 is 0 Å². The third-order valence-electron chi connectivity index (χ3n) is 2.93. The number of aryl methyl sites for hydroxylation is 2. The van der Waals surface area contributed by atoms with Gasteiger partial charge in [-0.05, 0) is 39.8 Å². The van der Waals surface area contributed by atoms with Crippen LogP contribution in [0.4, 0.5) is 0 Å². The van der Waals surface area contributed by atoms with E-state index >= 15 is 0 Å². The number of likely N-dealkylation sites (tertiary alicyclic amines) is 1. The molecule has 0 atom stereocenters. The van der Waals surface area contributed by atoms with E-state index in [0.29, 0.717) is 0 Å². The van der Waals surface area contributed by atoms with E-state index in [1.54, 1.807) is 0 Å². The van der Waals surface area contributed by atoms with Crippen LogP contribution in [-0.4, -0.2) is 28.0 Å². The molecule has 2 heterocycles. The molecule has 3 heteroatoms. The molecule has 78 valence electrons. The lowest BCUT2D eigenvalue weighted by atomic mass is 10.1. The van der Waals surface area contributed by atoms with Crippen LogP contribution in [0.15, 0.2) is 0 Å². The second-order valence-corrected chi connectivity index (χ2v) is 4.23. The van der Waals surface area contributed by atoms with E-state index in [0.717, 1.165) is 12.4 Å². The molecule has 0 spiro atoms. The average molecular weight is 193 g/mol. The van der Waals surface area contributed by atoms with Crippen LogP contribution in [0.2, 0.25) is 0 Å². The number of imidazole rings is 1. The quantitative estimate of drug-likeness (QED) is 0.779. The van der Waals surface area contributed by atoms with Gasteiger partial charge < -0.3 is 4.98 Å². The van der Waals surface area contributed by atoms with Gasteiger partial charge in [0.1, 0.15) is 5.82 Å². The molecule has 1 aliphatic heterocycles. The highest BCUT2D eigenvalue weighted by Gasteiger charge is 2.13. The molecule has 1 aromatic heterocycles. The molecule has 1 fully saturated rings. The van der Waals surface area contributed by atoms with Crippen molar-refractivity contribution in [2.75, 3.05) is 13.1 Å². The first kappa shape index (κ1) is 9.71. The van der Waals surface area contributed by atoms with Gasteiger partial charge in [0.15, 0.2) is 0 Å². The number of hydrogen-bond donors (Lipinski definition) is 1. The van der Waals surface area contributed by atoms with Crippen molar-refractivity contribution in [1.82, 2.24) is 14.9 Å². The van der Waals surface area contributed by atoms with Crippen molar-refractivity contribution in [1.29, 1.82) is 0 Å². The fourth-order valence-electron chi connectivity index (χ4n) is 2.14. The van der Waals surface area contributed by atoms with E-state index in [4.69, 9.17) is 0 Å². The standard InChI is InChI=1S/C11H19N3/c1-9-11(13-10(2)12-9)8-14-6-4-3-5-7-14/h3-8H2,1-2H3,(H,12,13). The molecule has 2 rings (SSSR count). The molecule has 0 radical (unpaired) electrons. The molecule has 0 aromatic carbocycles. The Morgan fingerprint density at radius 1 is 1.21 bits per heavy atom.